The minimum absolute atomic E-state index is 1.09. The van der Waals surface area contributed by atoms with Crippen LogP contribution < -0.4 is 4.90 Å². The maximum atomic E-state index is 2.45. The second kappa shape index (κ2) is 16.6. The summed E-state index contributed by atoms with van der Waals surface area (Å²) >= 11 is 0. The number of rotatable bonds is 9. The number of aryl methyl sites for hydroxylation is 1. The lowest BCUT2D eigenvalue weighted by Gasteiger charge is -2.27. The van der Waals surface area contributed by atoms with E-state index in [0.717, 1.165) is 28.3 Å². The molecular formula is C62H46N2. The highest BCUT2D eigenvalue weighted by molar-refractivity contribution is 6.17. The standard InChI is InChI=1S/C62H46N2/c1-3-17-48-42-59(61-58-29-12-13-31-60(58)64(62(61)43(48)2)52-25-8-5-9-26-52)51-24-15-27-55(41-51)63(54-38-34-47(35-39-54)57-30-16-21-46-20-10-11-28-56(46)57)53-36-32-45(33-37-53)50-23-14-22-49(40-50)44-18-6-4-7-19-44/h3-42H,1-2H3/b17-3-. The van der Waals surface area contributed by atoms with Crippen LogP contribution in [0, 0.1) is 6.92 Å². The van der Waals surface area contributed by atoms with Crippen molar-refractivity contribution < 1.29 is 0 Å². The first-order valence-electron chi connectivity index (χ1n) is 22.1. The van der Waals surface area contributed by atoms with Crippen LogP contribution in [-0.4, -0.2) is 4.57 Å². The molecule has 0 saturated carbocycles. The zero-order valence-electron chi connectivity index (χ0n) is 36.0. The van der Waals surface area contributed by atoms with Crippen molar-refractivity contribution in [1.82, 2.24) is 4.57 Å². The molecule has 0 atom stereocenters. The van der Waals surface area contributed by atoms with E-state index in [1.54, 1.807) is 0 Å². The molecule has 2 heteroatoms. The third kappa shape index (κ3) is 6.96. The van der Waals surface area contributed by atoms with Crippen LogP contribution in [-0.2, 0) is 0 Å². The quantitative estimate of drug-likeness (QED) is 0.141. The number of fused-ring (bicyclic) bond motifs is 4. The first-order chi connectivity index (χ1) is 31.6. The van der Waals surface area contributed by atoms with Crippen molar-refractivity contribution >= 4 is 55.7 Å². The molecule has 11 rings (SSSR count). The Morgan fingerprint density at radius 2 is 0.969 bits per heavy atom. The number of allylic oxidation sites excluding steroid dienone is 1. The Balaban J connectivity index is 1.07. The summed E-state index contributed by atoms with van der Waals surface area (Å²) in [5.41, 5.74) is 18.9. The number of para-hydroxylation sites is 2. The van der Waals surface area contributed by atoms with Gasteiger partial charge in [0, 0.05) is 33.5 Å². The molecule has 1 aromatic heterocycles. The van der Waals surface area contributed by atoms with E-state index < -0.39 is 0 Å². The fourth-order valence-corrected chi connectivity index (χ4v) is 9.60. The Morgan fingerprint density at radius 3 is 1.70 bits per heavy atom. The average molecular weight is 819 g/mol. The molecule has 0 N–H and O–H groups in total. The van der Waals surface area contributed by atoms with Gasteiger partial charge in [0.25, 0.3) is 0 Å². The molecule has 0 saturated heterocycles. The predicted molar refractivity (Wildman–Crippen MR) is 274 cm³/mol. The number of hydrogen-bond donors (Lipinski definition) is 0. The first-order valence-corrected chi connectivity index (χ1v) is 22.1. The van der Waals surface area contributed by atoms with Crippen LogP contribution in [0.15, 0.2) is 237 Å². The molecule has 11 aromatic rings. The Labute approximate surface area is 375 Å². The molecule has 10 aromatic carbocycles. The van der Waals surface area contributed by atoms with Crippen molar-refractivity contribution in [3.05, 3.63) is 248 Å². The highest BCUT2D eigenvalue weighted by Crippen LogP contribution is 2.44. The van der Waals surface area contributed by atoms with E-state index in [0.29, 0.717) is 0 Å². The maximum Gasteiger partial charge on any atom is 0.0582 e. The van der Waals surface area contributed by atoms with E-state index in [1.807, 2.05) is 0 Å². The smallest absolute Gasteiger partial charge is 0.0582 e. The van der Waals surface area contributed by atoms with Gasteiger partial charge in [0.05, 0.1) is 11.0 Å². The van der Waals surface area contributed by atoms with Gasteiger partial charge in [-0.05, 0) is 147 Å². The van der Waals surface area contributed by atoms with Gasteiger partial charge in [0.2, 0.25) is 0 Å². The average Bonchev–Trinajstić information content (AvgIpc) is 3.72. The van der Waals surface area contributed by atoms with Crippen LogP contribution in [0.2, 0.25) is 0 Å². The van der Waals surface area contributed by atoms with E-state index >= 15 is 0 Å². The summed E-state index contributed by atoms with van der Waals surface area (Å²) < 4.78 is 2.45. The summed E-state index contributed by atoms with van der Waals surface area (Å²) in [7, 11) is 0. The highest BCUT2D eigenvalue weighted by Gasteiger charge is 2.21. The highest BCUT2D eigenvalue weighted by atomic mass is 15.1. The lowest BCUT2D eigenvalue weighted by molar-refractivity contribution is 1.17. The fraction of sp³-hybridized carbons (Fsp3) is 0.0323. The Kier molecular flexibility index (Phi) is 10.0. The van der Waals surface area contributed by atoms with Gasteiger partial charge in [-0.25, -0.2) is 0 Å². The molecule has 0 aliphatic rings. The SMILES string of the molecule is C/C=C\c1cc(-c2cccc(N(c3ccc(-c4cccc(-c5ccccc5)c4)cc3)c3ccc(-c4cccc5ccccc45)cc3)c2)c2c3ccccc3n(-c3ccccc3)c2c1C. The second-order valence-electron chi connectivity index (χ2n) is 16.5. The van der Waals surface area contributed by atoms with Gasteiger partial charge in [-0.3, -0.25) is 0 Å². The van der Waals surface area contributed by atoms with Crippen molar-refractivity contribution in [2.45, 2.75) is 13.8 Å². The topological polar surface area (TPSA) is 8.17 Å². The summed E-state index contributed by atoms with van der Waals surface area (Å²) in [5, 5.41) is 5.00. The molecule has 304 valence electrons. The number of aromatic nitrogens is 1. The summed E-state index contributed by atoms with van der Waals surface area (Å²) in [5.74, 6) is 0. The van der Waals surface area contributed by atoms with E-state index in [4.69, 9.17) is 0 Å². The lowest BCUT2D eigenvalue weighted by atomic mass is 9.93. The first kappa shape index (κ1) is 38.7. The molecule has 64 heavy (non-hydrogen) atoms. The summed E-state index contributed by atoms with van der Waals surface area (Å²) in [6.45, 7) is 4.37. The molecule has 0 spiro atoms. The Morgan fingerprint density at radius 1 is 0.406 bits per heavy atom. The van der Waals surface area contributed by atoms with Crippen molar-refractivity contribution in [3.8, 4) is 50.2 Å². The van der Waals surface area contributed by atoms with Crippen LogP contribution in [0.5, 0.6) is 0 Å². The third-order valence-electron chi connectivity index (χ3n) is 12.7. The number of hydrogen-bond acceptors (Lipinski definition) is 1. The van der Waals surface area contributed by atoms with Crippen molar-refractivity contribution in [1.29, 1.82) is 0 Å². The Bertz CT molecular complexity index is 3480. The van der Waals surface area contributed by atoms with E-state index in [9.17, 15) is 0 Å². The van der Waals surface area contributed by atoms with Gasteiger partial charge >= 0.3 is 0 Å². The minimum atomic E-state index is 1.09. The second-order valence-corrected chi connectivity index (χ2v) is 16.5. The van der Waals surface area contributed by atoms with Gasteiger partial charge in [-0.1, -0.05) is 176 Å². The van der Waals surface area contributed by atoms with Gasteiger partial charge in [0.1, 0.15) is 0 Å². The largest absolute Gasteiger partial charge is 0.310 e. The van der Waals surface area contributed by atoms with Crippen molar-refractivity contribution in [2.75, 3.05) is 4.90 Å². The Hall–Kier alpha value is -8.20. The molecule has 1 heterocycles. The molecule has 0 unspecified atom stereocenters. The maximum absolute atomic E-state index is 2.45. The number of benzene rings is 10. The molecule has 0 fully saturated rings. The normalized spacial score (nSPS) is 11.5. The fourth-order valence-electron chi connectivity index (χ4n) is 9.60. The van der Waals surface area contributed by atoms with Crippen molar-refractivity contribution in [2.24, 2.45) is 0 Å². The molecular weight excluding hydrogens is 773 g/mol. The monoisotopic (exact) mass is 818 g/mol. The van der Waals surface area contributed by atoms with Crippen LogP contribution in [0.1, 0.15) is 18.1 Å². The molecule has 0 bridgehead atoms. The summed E-state index contributed by atoms with van der Waals surface area (Å²) in [6, 6.07) is 83.8. The van der Waals surface area contributed by atoms with Crippen LogP contribution in [0.4, 0.5) is 17.1 Å². The van der Waals surface area contributed by atoms with Gasteiger partial charge in [-0.2, -0.15) is 0 Å². The molecule has 2 nitrogen and oxygen atoms in total. The summed E-state index contributed by atoms with van der Waals surface area (Å²) in [4.78, 5) is 2.39. The third-order valence-corrected chi connectivity index (χ3v) is 12.7. The van der Waals surface area contributed by atoms with E-state index in [1.165, 1.54) is 82.6 Å². The zero-order chi connectivity index (χ0) is 43.0. The lowest BCUT2D eigenvalue weighted by Crippen LogP contribution is -2.10. The number of anilines is 3. The molecule has 0 radical (unpaired) electrons. The van der Waals surface area contributed by atoms with Crippen LogP contribution in [0.25, 0.3) is 88.8 Å². The van der Waals surface area contributed by atoms with E-state index in [2.05, 4.69) is 266 Å². The van der Waals surface area contributed by atoms with Crippen LogP contribution >= 0.6 is 0 Å². The van der Waals surface area contributed by atoms with E-state index in [-0.39, 0.29) is 0 Å². The van der Waals surface area contributed by atoms with Crippen LogP contribution in [0.3, 0.4) is 0 Å². The van der Waals surface area contributed by atoms with Crippen molar-refractivity contribution in [3.63, 3.8) is 0 Å². The molecule has 0 amide bonds. The predicted octanol–water partition coefficient (Wildman–Crippen LogP) is 17.4. The minimum Gasteiger partial charge on any atom is -0.310 e. The van der Waals surface area contributed by atoms with Gasteiger partial charge in [-0.15, -0.1) is 0 Å². The number of nitrogens with zero attached hydrogens (tertiary/aromatic N) is 2. The molecule has 0 aliphatic heterocycles. The summed E-state index contributed by atoms with van der Waals surface area (Å²) in [6.07, 6.45) is 4.39. The molecule has 0 aliphatic carbocycles. The van der Waals surface area contributed by atoms with Gasteiger partial charge < -0.3 is 9.47 Å². The van der Waals surface area contributed by atoms with Gasteiger partial charge in [0.15, 0.2) is 0 Å². The zero-order valence-corrected chi connectivity index (χ0v) is 36.0.